The second-order valence-electron chi connectivity index (χ2n) is 3.66. The quantitative estimate of drug-likeness (QED) is 0.475. The molecule has 1 saturated heterocycles. The number of nitrogens with two attached hydrogens (primary N) is 1. The third kappa shape index (κ3) is 5.72. The Labute approximate surface area is 94.8 Å². The summed E-state index contributed by atoms with van der Waals surface area (Å²) in [6.45, 7) is 0.479. The average Bonchev–Trinajstić information content (AvgIpc) is 2.44. The minimum atomic E-state index is -3.71. The highest BCUT2D eigenvalue weighted by Gasteiger charge is 2.27. The van der Waals surface area contributed by atoms with Crippen LogP contribution in [0.5, 0.6) is 0 Å². The first-order valence-corrected chi connectivity index (χ1v) is 7.91. The molecule has 0 saturated carbocycles. The molecule has 0 spiro atoms. The predicted molar refractivity (Wildman–Crippen MR) is 57.2 cm³/mol. The molecule has 0 aromatic heterocycles. The zero-order valence-corrected chi connectivity index (χ0v) is 10.3. The van der Waals surface area contributed by atoms with Gasteiger partial charge in [0.2, 0.25) is 0 Å². The van der Waals surface area contributed by atoms with Gasteiger partial charge < -0.3 is 5.32 Å². The Hall–Kier alpha value is -0.260. The summed E-state index contributed by atoms with van der Waals surface area (Å²) in [5.74, 6) is 0. The maximum Gasteiger partial charge on any atom is 0.274 e. The number of nitrogens with one attached hydrogen (secondary N) is 2. The summed E-state index contributed by atoms with van der Waals surface area (Å²) in [4.78, 5) is 0. The summed E-state index contributed by atoms with van der Waals surface area (Å²) in [7, 11) is -7.19. The zero-order chi connectivity index (χ0) is 12.4. The van der Waals surface area contributed by atoms with Crippen molar-refractivity contribution in [3.05, 3.63) is 0 Å². The minimum Gasteiger partial charge on any atom is -0.310 e. The molecule has 1 aliphatic rings. The summed E-state index contributed by atoms with van der Waals surface area (Å²) in [5, 5.41) is 7.69. The Kier molecular flexibility index (Phi) is 4.26. The Bertz CT molecular complexity index is 431. The van der Waals surface area contributed by atoms with E-state index in [0.29, 0.717) is 13.0 Å². The van der Waals surface area contributed by atoms with E-state index in [1.165, 1.54) is 0 Å². The van der Waals surface area contributed by atoms with Gasteiger partial charge in [0.25, 0.3) is 20.3 Å². The van der Waals surface area contributed by atoms with Crippen LogP contribution in [0.25, 0.3) is 0 Å². The van der Waals surface area contributed by atoms with Gasteiger partial charge in [-0.3, -0.25) is 4.18 Å². The Balaban J connectivity index is 2.36. The highest BCUT2D eigenvalue weighted by molar-refractivity contribution is 7.87. The van der Waals surface area contributed by atoms with Crippen LogP contribution >= 0.6 is 0 Å². The van der Waals surface area contributed by atoms with Crippen molar-refractivity contribution in [1.82, 2.24) is 10.0 Å². The van der Waals surface area contributed by atoms with E-state index < -0.39 is 26.4 Å². The topological polar surface area (TPSA) is 128 Å². The van der Waals surface area contributed by atoms with E-state index in [1.54, 1.807) is 0 Å². The first-order chi connectivity index (χ1) is 7.16. The summed E-state index contributed by atoms with van der Waals surface area (Å²) in [6.07, 6.45) is 0.931. The lowest BCUT2D eigenvalue weighted by Gasteiger charge is -2.10. The molecule has 0 bridgehead atoms. The molecule has 1 heterocycles. The third-order valence-electron chi connectivity index (χ3n) is 2.02. The molecule has 0 radical (unpaired) electrons. The fourth-order valence-electron chi connectivity index (χ4n) is 1.47. The molecule has 0 aromatic rings. The van der Waals surface area contributed by atoms with E-state index in [4.69, 9.17) is 9.32 Å². The zero-order valence-electron chi connectivity index (χ0n) is 8.71. The maximum absolute atomic E-state index is 10.8. The highest BCUT2D eigenvalue weighted by atomic mass is 32.2. The molecular weight excluding hydrogens is 258 g/mol. The van der Waals surface area contributed by atoms with E-state index >= 15 is 0 Å². The highest BCUT2D eigenvalue weighted by Crippen LogP contribution is 2.11. The molecule has 1 aliphatic heterocycles. The molecule has 96 valence electrons. The van der Waals surface area contributed by atoms with Crippen LogP contribution in [0.1, 0.15) is 6.42 Å². The molecule has 4 N–H and O–H groups in total. The predicted octanol–water partition coefficient (Wildman–Crippen LogP) is -2.51. The molecule has 0 aliphatic carbocycles. The minimum absolute atomic E-state index is 0.114. The smallest absolute Gasteiger partial charge is 0.274 e. The Morgan fingerprint density at radius 2 is 2.06 bits per heavy atom. The molecule has 16 heavy (non-hydrogen) atoms. The van der Waals surface area contributed by atoms with Gasteiger partial charge in [-0.05, 0) is 6.42 Å². The van der Waals surface area contributed by atoms with Crippen molar-refractivity contribution >= 4 is 20.3 Å². The number of hydrogen-bond acceptors (Lipinski definition) is 6. The van der Waals surface area contributed by atoms with E-state index in [9.17, 15) is 16.8 Å². The van der Waals surface area contributed by atoms with Gasteiger partial charge in [-0.15, -0.1) is 0 Å². The van der Waals surface area contributed by atoms with Crippen LogP contribution in [-0.2, 0) is 24.5 Å². The third-order valence-corrected chi connectivity index (χ3v) is 3.21. The first-order valence-electron chi connectivity index (χ1n) is 4.55. The summed E-state index contributed by atoms with van der Waals surface area (Å²) < 4.78 is 49.8. The summed E-state index contributed by atoms with van der Waals surface area (Å²) in [6, 6.07) is -0.176. The fraction of sp³-hybridized carbons (Fsp3) is 1.00. The van der Waals surface area contributed by atoms with Crippen molar-refractivity contribution in [3.63, 3.8) is 0 Å². The van der Waals surface area contributed by atoms with Crippen LogP contribution in [0.3, 0.4) is 0 Å². The van der Waals surface area contributed by atoms with Crippen molar-refractivity contribution < 1.29 is 21.0 Å². The summed E-state index contributed by atoms with van der Waals surface area (Å²) >= 11 is 0. The van der Waals surface area contributed by atoms with Crippen molar-refractivity contribution in [2.45, 2.75) is 18.6 Å². The Morgan fingerprint density at radius 3 is 2.56 bits per heavy atom. The maximum atomic E-state index is 10.8. The van der Waals surface area contributed by atoms with Crippen molar-refractivity contribution in [3.8, 4) is 0 Å². The lowest BCUT2D eigenvalue weighted by atomic mass is 10.2. The molecule has 0 amide bonds. The standard InChI is InChI=1S/C6H15N3O5S2/c1-15(10,11)14-6-2-5(8-4-6)3-9-16(7,12)13/h5-6,8-9H,2-4H2,1H3,(H2,7,12,13). The van der Waals surface area contributed by atoms with Crippen LogP contribution in [-0.4, -0.2) is 48.3 Å². The van der Waals surface area contributed by atoms with Gasteiger partial charge in [-0.25, -0.2) is 9.86 Å². The van der Waals surface area contributed by atoms with E-state index in [2.05, 4.69) is 10.0 Å². The van der Waals surface area contributed by atoms with Crippen molar-refractivity contribution in [1.29, 1.82) is 0 Å². The van der Waals surface area contributed by atoms with Crippen LogP contribution in [0.15, 0.2) is 0 Å². The number of rotatable bonds is 5. The lowest BCUT2D eigenvalue weighted by molar-refractivity contribution is 0.229. The monoisotopic (exact) mass is 273 g/mol. The van der Waals surface area contributed by atoms with Gasteiger partial charge in [0.15, 0.2) is 0 Å². The average molecular weight is 273 g/mol. The van der Waals surface area contributed by atoms with Crippen molar-refractivity contribution in [2.75, 3.05) is 19.3 Å². The molecule has 2 unspecified atom stereocenters. The molecular formula is C6H15N3O5S2. The van der Waals surface area contributed by atoms with Gasteiger partial charge >= 0.3 is 0 Å². The van der Waals surface area contributed by atoms with E-state index in [1.807, 2.05) is 0 Å². The molecule has 0 aromatic carbocycles. The van der Waals surface area contributed by atoms with Gasteiger partial charge in [0, 0.05) is 19.1 Å². The fourth-order valence-corrected chi connectivity index (χ4v) is 2.55. The van der Waals surface area contributed by atoms with Gasteiger partial charge in [-0.2, -0.15) is 16.8 Å². The van der Waals surface area contributed by atoms with E-state index in [-0.39, 0.29) is 12.6 Å². The molecule has 1 fully saturated rings. The molecule has 10 heteroatoms. The molecule has 8 nitrogen and oxygen atoms in total. The normalized spacial score (nSPS) is 27.1. The molecule has 1 rings (SSSR count). The van der Waals surface area contributed by atoms with Gasteiger partial charge in [0.05, 0.1) is 12.4 Å². The van der Waals surface area contributed by atoms with E-state index in [0.717, 1.165) is 6.26 Å². The lowest BCUT2D eigenvalue weighted by Crippen LogP contribution is -2.40. The second kappa shape index (κ2) is 4.94. The van der Waals surface area contributed by atoms with Crippen LogP contribution in [0.4, 0.5) is 0 Å². The second-order valence-corrected chi connectivity index (χ2v) is 6.64. The summed E-state index contributed by atoms with van der Waals surface area (Å²) in [5.41, 5.74) is 0. The molecule has 2 atom stereocenters. The first kappa shape index (κ1) is 13.8. The van der Waals surface area contributed by atoms with Crippen LogP contribution < -0.4 is 15.2 Å². The SMILES string of the molecule is CS(=O)(=O)OC1CNC(CNS(N)(=O)=O)C1. The Morgan fingerprint density at radius 1 is 1.44 bits per heavy atom. The van der Waals surface area contributed by atoms with Gasteiger partial charge in [0.1, 0.15) is 0 Å². The van der Waals surface area contributed by atoms with Crippen LogP contribution in [0, 0.1) is 0 Å². The van der Waals surface area contributed by atoms with Gasteiger partial charge in [-0.1, -0.05) is 0 Å². The number of hydrogen-bond donors (Lipinski definition) is 3. The van der Waals surface area contributed by atoms with Crippen LogP contribution in [0.2, 0.25) is 0 Å². The largest absolute Gasteiger partial charge is 0.310 e. The van der Waals surface area contributed by atoms with Crippen molar-refractivity contribution in [2.24, 2.45) is 5.14 Å².